The van der Waals surface area contributed by atoms with Gasteiger partial charge in [-0.05, 0) is 32.6 Å². The summed E-state index contributed by atoms with van der Waals surface area (Å²) in [7, 11) is 0. The Morgan fingerprint density at radius 3 is 2.75 bits per heavy atom. The highest BCUT2D eigenvalue weighted by molar-refractivity contribution is 4.98. The first-order chi connectivity index (χ1) is 9.78. The predicted octanol–water partition coefficient (Wildman–Crippen LogP) is 2.46. The SMILES string of the molecule is CC1CCCC(CO)N1Cc1nc(C2CCCC2)no1. The molecule has 112 valence electrons. The van der Waals surface area contributed by atoms with Crippen molar-refractivity contribution in [3.05, 3.63) is 11.7 Å². The Kier molecular flexibility index (Phi) is 4.36. The van der Waals surface area contributed by atoms with Gasteiger partial charge in [-0.15, -0.1) is 0 Å². The maximum atomic E-state index is 9.53. The Morgan fingerprint density at radius 1 is 1.20 bits per heavy atom. The minimum atomic E-state index is 0.216. The van der Waals surface area contributed by atoms with Crippen LogP contribution in [-0.4, -0.2) is 38.8 Å². The van der Waals surface area contributed by atoms with Gasteiger partial charge < -0.3 is 9.63 Å². The molecule has 2 atom stereocenters. The van der Waals surface area contributed by atoms with Crippen molar-refractivity contribution in [1.29, 1.82) is 0 Å². The van der Waals surface area contributed by atoms with Crippen LogP contribution in [0.1, 0.15) is 69.5 Å². The van der Waals surface area contributed by atoms with Crippen LogP contribution in [0.2, 0.25) is 0 Å². The Morgan fingerprint density at radius 2 is 2.00 bits per heavy atom. The molecule has 5 heteroatoms. The van der Waals surface area contributed by atoms with Crippen LogP contribution in [-0.2, 0) is 6.54 Å². The van der Waals surface area contributed by atoms with E-state index >= 15 is 0 Å². The molecular weight excluding hydrogens is 254 g/mol. The van der Waals surface area contributed by atoms with E-state index in [2.05, 4.69) is 22.0 Å². The summed E-state index contributed by atoms with van der Waals surface area (Å²) in [4.78, 5) is 6.90. The van der Waals surface area contributed by atoms with Crippen molar-refractivity contribution in [3.8, 4) is 0 Å². The van der Waals surface area contributed by atoms with Gasteiger partial charge in [-0.25, -0.2) is 0 Å². The van der Waals surface area contributed by atoms with Crippen molar-refractivity contribution in [3.63, 3.8) is 0 Å². The third-order valence-electron chi connectivity index (χ3n) is 4.93. The van der Waals surface area contributed by atoms with E-state index in [0.717, 1.165) is 12.2 Å². The zero-order valence-electron chi connectivity index (χ0n) is 12.3. The smallest absolute Gasteiger partial charge is 0.240 e. The lowest BCUT2D eigenvalue weighted by atomic mass is 9.97. The van der Waals surface area contributed by atoms with E-state index < -0.39 is 0 Å². The summed E-state index contributed by atoms with van der Waals surface area (Å²) < 4.78 is 5.44. The molecule has 0 radical (unpaired) electrons. The number of rotatable bonds is 4. The van der Waals surface area contributed by atoms with E-state index in [1.54, 1.807) is 0 Å². The minimum absolute atomic E-state index is 0.216. The fourth-order valence-electron chi connectivity index (χ4n) is 3.66. The van der Waals surface area contributed by atoms with Crippen LogP contribution in [0.5, 0.6) is 0 Å². The van der Waals surface area contributed by atoms with E-state index in [-0.39, 0.29) is 12.6 Å². The first kappa shape index (κ1) is 14.0. The minimum Gasteiger partial charge on any atom is -0.395 e. The van der Waals surface area contributed by atoms with Crippen LogP contribution in [0.4, 0.5) is 0 Å². The Labute approximate surface area is 120 Å². The van der Waals surface area contributed by atoms with Crippen LogP contribution >= 0.6 is 0 Å². The van der Waals surface area contributed by atoms with E-state index in [9.17, 15) is 5.11 Å². The molecule has 0 amide bonds. The van der Waals surface area contributed by atoms with E-state index in [1.165, 1.54) is 38.5 Å². The quantitative estimate of drug-likeness (QED) is 0.917. The van der Waals surface area contributed by atoms with Gasteiger partial charge in [-0.2, -0.15) is 4.98 Å². The molecule has 1 aliphatic carbocycles. The van der Waals surface area contributed by atoms with Crippen molar-refractivity contribution in [2.24, 2.45) is 0 Å². The Balaban J connectivity index is 1.66. The maximum Gasteiger partial charge on any atom is 0.240 e. The average molecular weight is 279 g/mol. The van der Waals surface area contributed by atoms with Gasteiger partial charge in [0.05, 0.1) is 13.2 Å². The van der Waals surface area contributed by atoms with E-state index in [4.69, 9.17) is 4.52 Å². The fourth-order valence-corrected chi connectivity index (χ4v) is 3.66. The lowest BCUT2D eigenvalue weighted by Gasteiger charge is -2.38. The van der Waals surface area contributed by atoms with E-state index in [1.807, 2.05) is 0 Å². The molecular formula is C15H25N3O2. The monoisotopic (exact) mass is 279 g/mol. The molecule has 20 heavy (non-hydrogen) atoms. The van der Waals surface area contributed by atoms with Crippen LogP contribution in [0.25, 0.3) is 0 Å². The fraction of sp³-hybridized carbons (Fsp3) is 0.867. The molecule has 1 N–H and O–H groups in total. The molecule has 1 saturated heterocycles. The normalized spacial score (nSPS) is 29.1. The molecule has 5 nitrogen and oxygen atoms in total. The Hall–Kier alpha value is -0.940. The lowest BCUT2D eigenvalue weighted by molar-refractivity contribution is 0.0370. The standard InChI is InChI=1S/C15H25N3O2/c1-11-5-4-8-13(10-19)18(11)9-14-16-15(17-20-14)12-6-2-3-7-12/h11-13,19H,2-10H2,1H3. The molecule has 0 spiro atoms. The average Bonchev–Trinajstić information content (AvgIpc) is 3.11. The van der Waals surface area contributed by atoms with E-state index in [0.29, 0.717) is 24.4 Å². The topological polar surface area (TPSA) is 62.4 Å². The van der Waals surface area contributed by atoms with Crippen LogP contribution in [0.15, 0.2) is 4.52 Å². The van der Waals surface area contributed by atoms with Gasteiger partial charge in [0, 0.05) is 18.0 Å². The molecule has 3 rings (SSSR count). The van der Waals surface area contributed by atoms with Crippen LogP contribution in [0.3, 0.4) is 0 Å². The summed E-state index contributed by atoms with van der Waals surface area (Å²) >= 11 is 0. The predicted molar refractivity (Wildman–Crippen MR) is 75.2 cm³/mol. The van der Waals surface area contributed by atoms with Gasteiger partial charge in [-0.1, -0.05) is 24.4 Å². The van der Waals surface area contributed by atoms with Gasteiger partial charge in [0.2, 0.25) is 5.89 Å². The molecule has 0 bridgehead atoms. The largest absolute Gasteiger partial charge is 0.395 e. The first-order valence-corrected chi connectivity index (χ1v) is 7.97. The number of likely N-dealkylation sites (tertiary alicyclic amines) is 1. The number of nitrogens with zero attached hydrogens (tertiary/aromatic N) is 3. The molecule has 0 aromatic carbocycles. The number of aliphatic hydroxyl groups is 1. The van der Waals surface area contributed by atoms with Gasteiger partial charge >= 0.3 is 0 Å². The summed E-state index contributed by atoms with van der Waals surface area (Å²) in [6.45, 7) is 3.11. The number of aromatic nitrogens is 2. The second-order valence-corrected chi connectivity index (χ2v) is 6.32. The highest BCUT2D eigenvalue weighted by Gasteiger charge is 2.29. The van der Waals surface area contributed by atoms with Crippen LogP contribution < -0.4 is 0 Å². The molecule has 2 heterocycles. The number of hydrogen-bond acceptors (Lipinski definition) is 5. The second-order valence-electron chi connectivity index (χ2n) is 6.32. The molecule has 1 aliphatic heterocycles. The highest BCUT2D eigenvalue weighted by Crippen LogP contribution is 2.32. The maximum absolute atomic E-state index is 9.53. The van der Waals surface area contributed by atoms with Crippen molar-refractivity contribution < 1.29 is 9.63 Å². The van der Waals surface area contributed by atoms with Gasteiger partial charge in [-0.3, -0.25) is 4.90 Å². The summed E-state index contributed by atoms with van der Waals surface area (Å²) in [6.07, 6.45) is 8.38. The number of aliphatic hydroxyl groups excluding tert-OH is 1. The van der Waals surface area contributed by atoms with Crippen LogP contribution in [0, 0.1) is 0 Å². The molecule has 1 aromatic heterocycles. The summed E-state index contributed by atoms with van der Waals surface area (Å²) in [5, 5.41) is 13.7. The third kappa shape index (κ3) is 2.88. The highest BCUT2D eigenvalue weighted by atomic mass is 16.5. The van der Waals surface area contributed by atoms with Crippen molar-refractivity contribution in [2.45, 2.75) is 76.4 Å². The molecule has 2 unspecified atom stereocenters. The third-order valence-corrected chi connectivity index (χ3v) is 4.93. The van der Waals surface area contributed by atoms with Gasteiger partial charge in [0.15, 0.2) is 5.82 Å². The summed E-state index contributed by atoms with van der Waals surface area (Å²) in [5.41, 5.74) is 0. The zero-order valence-corrected chi connectivity index (χ0v) is 12.3. The first-order valence-electron chi connectivity index (χ1n) is 7.97. The lowest BCUT2D eigenvalue weighted by Crippen LogP contribution is -2.46. The van der Waals surface area contributed by atoms with Crippen molar-refractivity contribution >= 4 is 0 Å². The van der Waals surface area contributed by atoms with Gasteiger partial charge in [0.25, 0.3) is 0 Å². The van der Waals surface area contributed by atoms with Gasteiger partial charge in [0.1, 0.15) is 0 Å². The van der Waals surface area contributed by atoms with Crippen molar-refractivity contribution in [1.82, 2.24) is 15.0 Å². The second kappa shape index (κ2) is 6.22. The number of piperidine rings is 1. The zero-order chi connectivity index (χ0) is 13.9. The number of hydrogen-bond donors (Lipinski definition) is 1. The summed E-state index contributed by atoms with van der Waals surface area (Å²) in [5.74, 6) is 2.10. The Bertz CT molecular complexity index is 429. The molecule has 2 fully saturated rings. The van der Waals surface area contributed by atoms with Crippen molar-refractivity contribution in [2.75, 3.05) is 6.61 Å². The molecule has 1 saturated carbocycles. The molecule has 2 aliphatic rings. The summed E-state index contributed by atoms with van der Waals surface area (Å²) in [6, 6.07) is 0.711. The molecule has 1 aromatic rings.